The summed E-state index contributed by atoms with van der Waals surface area (Å²) in [6.45, 7) is 4.43. The van der Waals surface area contributed by atoms with E-state index in [-0.39, 0.29) is 18.6 Å². The van der Waals surface area contributed by atoms with Crippen LogP contribution in [0.15, 0.2) is 24.3 Å². The second-order valence-electron chi connectivity index (χ2n) is 4.03. The molecule has 2 N–H and O–H groups in total. The monoisotopic (exact) mass is 237 g/mol. The zero-order chi connectivity index (χ0) is 12.7. The van der Waals surface area contributed by atoms with Crippen LogP contribution in [0.5, 0.6) is 5.75 Å². The number of aliphatic hydroxyl groups is 1. The lowest BCUT2D eigenvalue weighted by Gasteiger charge is -2.10. The highest BCUT2D eigenvalue weighted by Gasteiger charge is 2.06. The number of aliphatic hydroxyl groups excluding tert-OH is 1. The number of benzene rings is 1. The second kappa shape index (κ2) is 6.91. The lowest BCUT2D eigenvalue weighted by Crippen LogP contribution is -2.25. The number of carbonyl (C=O) groups is 1. The van der Waals surface area contributed by atoms with Gasteiger partial charge in [-0.15, -0.1) is 0 Å². The van der Waals surface area contributed by atoms with Crippen molar-refractivity contribution in [3.05, 3.63) is 29.8 Å². The normalized spacial score (nSPS) is 10.4. The molecule has 0 aliphatic carbocycles. The Labute approximate surface area is 102 Å². The third-order valence-corrected chi connectivity index (χ3v) is 2.09. The Morgan fingerprint density at radius 2 is 2.24 bits per heavy atom. The summed E-state index contributed by atoms with van der Waals surface area (Å²) in [6.07, 6.45) is 0.649. The van der Waals surface area contributed by atoms with Crippen LogP contribution < -0.4 is 10.1 Å². The van der Waals surface area contributed by atoms with Crippen molar-refractivity contribution in [1.82, 2.24) is 5.32 Å². The first kappa shape index (κ1) is 13.5. The number of ether oxygens (including phenoxy) is 1. The number of carbonyl (C=O) groups excluding carboxylic acids is 1. The molecule has 0 aromatic heterocycles. The summed E-state index contributed by atoms with van der Waals surface area (Å²) >= 11 is 0. The molecular formula is C13H19NO3. The summed E-state index contributed by atoms with van der Waals surface area (Å²) in [4.78, 5) is 11.7. The zero-order valence-electron chi connectivity index (χ0n) is 10.3. The smallest absolute Gasteiger partial charge is 0.251 e. The van der Waals surface area contributed by atoms with Gasteiger partial charge < -0.3 is 15.2 Å². The van der Waals surface area contributed by atoms with E-state index < -0.39 is 0 Å². The number of hydrogen-bond acceptors (Lipinski definition) is 3. The lowest BCUT2D eigenvalue weighted by molar-refractivity contribution is 0.0950. The highest BCUT2D eigenvalue weighted by molar-refractivity contribution is 5.94. The predicted molar refractivity (Wildman–Crippen MR) is 66.2 cm³/mol. The van der Waals surface area contributed by atoms with Crippen molar-refractivity contribution < 1.29 is 14.6 Å². The van der Waals surface area contributed by atoms with Gasteiger partial charge in [0.05, 0.1) is 6.10 Å². The molecule has 1 amide bonds. The quantitative estimate of drug-likeness (QED) is 0.739. The minimum absolute atomic E-state index is 0.0801. The topological polar surface area (TPSA) is 58.6 Å². The maximum atomic E-state index is 11.7. The Morgan fingerprint density at radius 1 is 1.47 bits per heavy atom. The van der Waals surface area contributed by atoms with Gasteiger partial charge in [-0.25, -0.2) is 0 Å². The van der Waals surface area contributed by atoms with Gasteiger partial charge in [-0.1, -0.05) is 6.07 Å². The molecule has 0 spiro atoms. The van der Waals surface area contributed by atoms with Crippen molar-refractivity contribution in [1.29, 1.82) is 0 Å². The highest BCUT2D eigenvalue weighted by atomic mass is 16.5. The average molecular weight is 237 g/mol. The number of nitrogens with one attached hydrogen (secondary N) is 1. The van der Waals surface area contributed by atoms with E-state index in [0.717, 1.165) is 0 Å². The maximum Gasteiger partial charge on any atom is 0.251 e. The number of amides is 1. The molecule has 0 fully saturated rings. The SMILES string of the molecule is CC(C)Oc1cccc(C(=O)NCCCO)c1. The predicted octanol–water partition coefficient (Wildman–Crippen LogP) is 1.59. The van der Waals surface area contributed by atoms with E-state index >= 15 is 0 Å². The van der Waals surface area contributed by atoms with Crippen LogP contribution in [0.3, 0.4) is 0 Å². The second-order valence-corrected chi connectivity index (χ2v) is 4.03. The van der Waals surface area contributed by atoms with Crippen LogP contribution in [0.25, 0.3) is 0 Å². The van der Waals surface area contributed by atoms with Crippen molar-refractivity contribution in [2.75, 3.05) is 13.2 Å². The molecule has 4 nitrogen and oxygen atoms in total. The Bertz CT molecular complexity index is 363. The molecule has 0 aliphatic rings. The van der Waals surface area contributed by atoms with Gasteiger partial charge in [0.1, 0.15) is 5.75 Å². The van der Waals surface area contributed by atoms with Gasteiger partial charge in [0, 0.05) is 18.7 Å². The fraction of sp³-hybridized carbons (Fsp3) is 0.462. The van der Waals surface area contributed by atoms with Crippen LogP contribution in [-0.4, -0.2) is 30.3 Å². The van der Waals surface area contributed by atoms with Gasteiger partial charge in [-0.05, 0) is 38.5 Å². The Hall–Kier alpha value is -1.55. The first-order chi connectivity index (χ1) is 8.13. The molecule has 1 aromatic rings. The van der Waals surface area contributed by atoms with Crippen molar-refractivity contribution in [3.8, 4) is 5.75 Å². The average Bonchev–Trinajstić information content (AvgIpc) is 2.28. The first-order valence-electron chi connectivity index (χ1n) is 5.79. The molecule has 0 unspecified atom stereocenters. The van der Waals surface area contributed by atoms with E-state index in [0.29, 0.717) is 24.3 Å². The summed E-state index contributed by atoms with van der Waals surface area (Å²) in [5.74, 6) is 0.544. The maximum absolute atomic E-state index is 11.7. The molecule has 0 saturated heterocycles. The highest BCUT2D eigenvalue weighted by Crippen LogP contribution is 2.14. The molecule has 0 heterocycles. The van der Waals surface area contributed by atoms with Crippen molar-refractivity contribution >= 4 is 5.91 Å². The molecule has 94 valence electrons. The van der Waals surface area contributed by atoms with Crippen LogP contribution in [-0.2, 0) is 0 Å². The molecule has 17 heavy (non-hydrogen) atoms. The van der Waals surface area contributed by atoms with Gasteiger partial charge in [0.15, 0.2) is 0 Å². The van der Waals surface area contributed by atoms with E-state index in [1.54, 1.807) is 18.2 Å². The minimum Gasteiger partial charge on any atom is -0.491 e. The standard InChI is InChI=1S/C13H19NO3/c1-10(2)17-12-6-3-5-11(9-12)13(16)14-7-4-8-15/h3,5-6,9-10,15H,4,7-8H2,1-2H3,(H,14,16). The number of rotatable bonds is 6. The Kier molecular flexibility index (Phi) is 5.49. The molecule has 1 aromatic carbocycles. The third kappa shape index (κ3) is 4.87. The van der Waals surface area contributed by atoms with Crippen LogP contribution >= 0.6 is 0 Å². The first-order valence-corrected chi connectivity index (χ1v) is 5.79. The molecule has 1 rings (SSSR count). The van der Waals surface area contributed by atoms with E-state index in [1.807, 2.05) is 19.9 Å². The van der Waals surface area contributed by atoms with E-state index in [4.69, 9.17) is 9.84 Å². The van der Waals surface area contributed by atoms with Crippen LogP contribution in [0.2, 0.25) is 0 Å². The van der Waals surface area contributed by atoms with E-state index in [9.17, 15) is 4.79 Å². The molecule has 4 heteroatoms. The summed E-state index contributed by atoms with van der Waals surface area (Å²) in [6, 6.07) is 7.07. The van der Waals surface area contributed by atoms with E-state index in [1.165, 1.54) is 0 Å². The van der Waals surface area contributed by atoms with Gasteiger partial charge in [0.25, 0.3) is 5.91 Å². The largest absolute Gasteiger partial charge is 0.491 e. The molecule has 0 radical (unpaired) electrons. The molecule has 0 bridgehead atoms. The Morgan fingerprint density at radius 3 is 2.88 bits per heavy atom. The summed E-state index contributed by atoms with van der Waals surface area (Å²) in [5, 5.41) is 11.3. The van der Waals surface area contributed by atoms with Crippen molar-refractivity contribution in [2.45, 2.75) is 26.4 Å². The molecule has 0 aliphatic heterocycles. The summed E-state index contributed by atoms with van der Waals surface area (Å²) in [7, 11) is 0. The van der Waals surface area contributed by atoms with Crippen LogP contribution in [0.1, 0.15) is 30.6 Å². The fourth-order valence-corrected chi connectivity index (χ4v) is 1.37. The van der Waals surface area contributed by atoms with Gasteiger partial charge in [-0.3, -0.25) is 4.79 Å². The van der Waals surface area contributed by atoms with Crippen LogP contribution in [0, 0.1) is 0 Å². The van der Waals surface area contributed by atoms with Gasteiger partial charge in [0.2, 0.25) is 0 Å². The fourth-order valence-electron chi connectivity index (χ4n) is 1.37. The van der Waals surface area contributed by atoms with Crippen molar-refractivity contribution in [3.63, 3.8) is 0 Å². The molecular weight excluding hydrogens is 218 g/mol. The molecule has 0 atom stereocenters. The summed E-state index contributed by atoms with van der Waals surface area (Å²) < 4.78 is 5.51. The van der Waals surface area contributed by atoms with E-state index in [2.05, 4.69) is 5.32 Å². The number of hydrogen-bond donors (Lipinski definition) is 2. The zero-order valence-corrected chi connectivity index (χ0v) is 10.3. The van der Waals surface area contributed by atoms with Crippen LogP contribution in [0.4, 0.5) is 0 Å². The lowest BCUT2D eigenvalue weighted by atomic mass is 10.2. The minimum atomic E-state index is -0.146. The van der Waals surface area contributed by atoms with Gasteiger partial charge >= 0.3 is 0 Å². The Balaban J connectivity index is 2.60. The summed E-state index contributed by atoms with van der Waals surface area (Å²) in [5.41, 5.74) is 0.570. The third-order valence-electron chi connectivity index (χ3n) is 2.09. The van der Waals surface area contributed by atoms with Gasteiger partial charge in [-0.2, -0.15) is 0 Å². The molecule has 0 saturated carbocycles. The van der Waals surface area contributed by atoms with Crippen molar-refractivity contribution in [2.24, 2.45) is 0 Å².